The van der Waals surface area contributed by atoms with Gasteiger partial charge in [-0.25, -0.2) is 24.3 Å². The number of aryl methyl sites for hydroxylation is 1. The van der Waals surface area contributed by atoms with E-state index < -0.39 is 0 Å². The monoisotopic (exact) mass is 650 g/mol. The molecule has 0 spiro atoms. The van der Waals surface area contributed by atoms with Gasteiger partial charge in [0, 0.05) is 74.9 Å². The minimum absolute atomic E-state index is 0.152. The van der Waals surface area contributed by atoms with Crippen LogP contribution in [0.5, 0.6) is 0 Å². The molecule has 2 fully saturated rings. The van der Waals surface area contributed by atoms with Crippen LogP contribution in [0.3, 0.4) is 0 Å². The van der Waals surface area contributed by atoms with Crippen LogP contribution in [0.1, 0.15) is 36.8 Å². The third-order valence-electron chi connectivity index (χ3n) is 8.93. The third kappa shape index (κ3) is 6.26. The number of carbonyl (C=O) groups is 1. The van der Waals surface area contributed by atoms with Gasteiger partial charge in [-0.05, 0) is 61.6 Å². The Labute approximate surface area is 276 Å². The number of nitrogens with zero attached hydrogens (tertiary/aromatic N) is 8. The van der Waals surface area contributed by atoms with Crippen LogP contribution in [-0.4, -0.2) is 69.5 Å². The number of piperidine rings is 1. The molecule has 2 aliphatic heterocycles. The summed E-state index contributed by atoms with van der Waals surface area (Å²) < 4.78 is 15.6. The Kier molecular flexibility index (Phi) is 8.53. The fourth-order valence-electron chi connectivity index (χ4n) is 6.18. The molecule has 2 N–H and O–H groups in total. The SMILES string of the molecule is CCc1nc2ccc(-c3cnc(N4CCC(CC(=O)NC5CNC5)CC4)nc3)cn2c1N(C)c1nc(-c2ccc(F)cc2)c(C#N)s1. The Bertz CT molecular complexity index is 1940. The highest BCUT2D eigenvalue weighted by Crippen LogP contribution is 2.37. The molecule has 2 aliphatic rings. The summed E-state index contributed by atoms with van der Waals surface area (Å²) in [7, 11) is 1.92. The number of amides is 1. The summed E-state index contributed by atoms with van der Waals surface area (Å²) >= 11 is 1.29. The Morgan fingerprint density at radius 2 is 1.81 bits per heavy atom. The Balaban J connectivity index is 1.09. The average Bonchev–Trinajstić information content (AvgIpc) is 3.68. The summed E-state index contributed by atoms with van der Waals surface area (Å²) in [4.78, 5) is 36.1. The van der Waals surface area contributed by atoms with E-state index in [2.05, 4.69) is 28.5 Å². The first kappa shape index (κ1) is 30.7. The molecule has 5 aromatic rings. The predicted octanol–water partition coefficient (Wildman–Crippen LogP) is 4.95. The number of rotatable bonds is 9. The summed E-state index contributed by atoms with van der Waals surface area (Å²) in [5, 5.41) is 16.8. The maximum absolute atomic E-state index is 13.6. The van der Waals surface area contributed by atoms with Crippen molar-refractivity contribution in [3.8, 4) is 28.5 Å². The van der Waals surface area contributed by atoms with Gasteiger partial charge in [0.2, 0.25) is 11.9 Å². The molecule has 1 aromatic carbocycles. The van der Waals surface area contributed by atoms with E-state index in [1.807, 2.05) is 47.1 Å². The number of benzene rings is 1. The number of halogens is 1. The molecule has 0 unspecified atom stereocenters. The molecule has 0 radical (unpaired) electrons. The molecule has 0 atom stereocenters. The summed E-state index contributed by atoms with van der Waals surface area (Å²) in [5.41, 5.74) is 4.73. The van der Waals surface area contributed by atoms with Crippen LogP contribution in [0.4, 0.5) is 21.3 Å². The Morgan fingerprint density at radius 3 is 2.47 bits per heavy atom. The molecule has 2 saturated heterocycles. The van der Waals surface area contributed by atoms with E-state index in [-0.39, 0.29) is 17.8 Å². The zero-order valence-electron chi connectivity index (χ0n) is 26.3. The van der Waals surface area contributed by atoms with Crippen LogP contribution in [-0.2, 0) is 11.2 Å². The number of hydrogen-bond acceptors (Lipinski definition) is 10. The first-order chi connectivity index (χ1) is 22.9. The van der Waals surface area contributed by atoms with Crippen molar-refractivity contribution in [2.75, 3.05) is 43.0 Å². The number of fused-ring (bicyclic) bond motifs is 1. The number of nitrogens with one attached hydrogen (secondary N) is 2. The van der Waals surface area contributed by atoms with Crippen molar-refractivity contribution >= 4 is 39.8 Å². The molecule has 47 heavy (non-hydrogen) atoms. The summed E-state index contributed by atoms with van der Waals surface area (Å²) in [5.74, 6) is 1.74. The molecular weight excluding hydrogens is 616 g/mol. The van der Waals surface area contributed by atoms with Crippen LogP contribution in [0.2, 0.25) is 0 Å². The van der Waals surface area contributed by atoms with Crippen molar-refractivity contribution in [2.45, 2.75) is 38.6 Å². The van der Waals surface area contributed by atoms with Gasteiger partial charge in [0.25, 0.3) is 0 Å². The largest absolute Gasteiger partial charge is 0.351 e. The van der Waals surface area contributed by atoms with Gasteiger partial charge in [-0.3, -0.25) is 9.20 Å². The molecular formula is C34H35FN10OS. The second-order valence-electron chi connectivity index (χ2n) is 12.1. The average molecular weight is 651 g/mol. The lowest BCUT2D eigenvalue weighted by molar-refractivity contribution is -0.123. The minimum atomic E-state index is -0.339. The fraction of sp³-hybridized carbons (Fsp3) is 0.353. The number of anilines is 3. The van der Waals surface area contributed by atoms with E-state index in [4.69, 9.17) is 19.9 Å². The van der Waals surface area contributed by atoms with Crippen molar-refractivity contribution in [1.29, 1.82) is 5.26 Å². The molecule has 0 saturated carbocycles. The molecule has 0 aliphatic carbocycles. The van der Waals surface area contributed by atoms with Gasteiger partial charge in [0.1, 0.15) is 33.9 Å². The number of pyridine rings is 1. The van der Waals surface area contributed by atoms with Crippen LogP contribution >= 0.6 is 11.3 Å². The van der Waals surface area contributed by atoms with Crippen LogP contribution in [0.15, 0.2) is 55.0 Å². The van der Waals surface area contributed by atoms with E-state index in [0.717, 1.165) is 67.3 Å². The molecule has 7 rings (SSSR count). The number of carbonyl (C=O) groups excluding carboxylic acids is 1. The highest BCUT2D eigenvalue weighted by molar-refractivity contribution is 7.16. The Hall–Kier alpha value is -4.93. The van der Waals surface area contributed by atoms with Crippen molar-refractivity contribution in [2.24, 2.45) is 5.92 Å². The smallest absolute Gasteiger partial charge is 0.225 e. The molecule has 13 heteroatoms. The summed E-state index contributed by atoms with van der Waals surface area (Å²) in [6, 6.07) is 12.5. The van der Waals surface area contributed by atoms with Gasteiger partial charge in [-0.1, -0.05) is 18.3 Å². The van der Waals surface area contributed by atoms with E-state index in [1.54, 1.807) is 12.1 Å². The van der Waals surface area contributed by atoms with Crippen molar-refractivity contribution in [3.63, 3.8) is 0 Å². The lowest BCUT2D eigenvalue weighted by Crippen LogP contribution is -2.57. The summed E-state index contributed by atoms with van der Waals surface area (Å²) in [6.07, 6.45) is 8.90. The fourth-order valence-corrected chi connectivity index (χ4v) is 7.03. The first-order valence-corrected chi connectivity index (χ1v) is 16.7. The zero-order chi connectivity index (χ0) is 32.5. The first-order valence-electron chi connectivity index (χ1n) is 15.9. The number of nitriles is 1. The predicted molar refractivity (Wildman–Crippen MR) is 180 cm³/mol. The number of imidazole rings is 1. The zero-order valence-corrected chi connectivity index (χ0v) is 27.1. The van der Waals surface area contributed by atoms with E-state index in [0.29, 0.717) is 46.0 Å². The quantitative estimate of drug-likeness (QED) is 0.228. The number of aromatic nitrogens is 5. The van der Waals surface area contributed by atoms with Gasteiger partial charge >= 0.3 is 0 Å². The lowest BCUT2D eigenvalue weighted by atomic mass is 9.93. The molecule has 11 nitrogen and oxygen atoms in total. The van der Waals surface area contributed by atoms with Gasteiger partial charge in [0.05, 0.1) is 11.7 Å². The number of thiazole rings is 1. The van der Waals surface area contributed by atoms with Crippen LogP contribution in [0.25, 0.3) is 28.0 Å². The van der Waals surface area contributed by atoms with Gasteiger partial charge < -0.3 is 20.4 Å². The maximum atomic E-state index is 13.6. The molecule has 6 heterocycles. The van der Waals surface area contributed by atoms with Gasteiger partial charge in [-0.15, -0.1) is 0 Å². The third-order valence-corrected chi connectivity index (χ3v) is 9.96. The molecule has 1 amide bonds. The second kappa shape index (κ2) is 13.1. The van der Waals surface area contributed by atoms with Crippen molar-refractivity contribution in [3.05, 3.63) is 71.4 Å². The van der Waals surface area contributed by atoms with Crippen LogP contribution in [0, 0.1) is 23.1 Å². The standard InChI is InChI=1S/C34H35FN10OS/c1-3-27-32(43(2)34-42-31(28(15-36)47-34)22-4-7-25(35)8-5-22)45-20-23(6-9-29(45)41-27)24-16-38-33(39-17-24)44-12-10-21(11-13-44)14-30(46)40-26-18-37-19-26/h4-9,16-17,20-21,26,37H,3,10-14,18-19H2,1-2H3,(H,40,46). The minimum Gasteiger partial charge on any atom is -0.351 e. The summed E-state index contributed by atoms with van der Waals surface area (Å²) in [6.45, 7) is 5.44. The van der Waals surface area contributed by atoms with E-state index in [9.17, 15) is 14.4 Å². The van der Waals surface area contributed by atoms with Gasteiger partial charge in [-0.2, -0.15) is 5.26 Å². The van der Waals surface area contributed by atoms with Gasteiger partial charge in [0.15, 0.2) is 5.13 Å². The number of hydrogen-bond donors (Lipinski definition) is 2. The maximum Gasteiger partial charge on any atom is 0.225 e. The molecule has 0 bridgehead atoms. The normalized spacial score (nSPS) is 15.4. The van der Waals surface area contributed by atoms with Crippen molar-refractivity contribution in [1.82, 2.24) is 35.0 Å². The Morgan fingerprint density at radius 1 is 1.09 bits per heavy atom. The van der Waals surface area contributed by atoms with E-state index >= 15 is 0 Å². The lowest BCUT2D eigenvalue weighted by Gasteiger charge is -2.33. The topological polar surface area (TPSA) is 127 Å². The highest BCUT2D eigenvalue weighted by atomic mass is 32.1. The molecule has 240 valence electrons. The molecule has 4 aromatic heterocycles. The second-order valence-corrected chi connectivity index (χ2v) is 13.0. The highest BCUT2D eigenvalue weighted by Gasteiger charge is 2.26. The van der Waals surface area contributed by atoms with Crippen LogP contribution < -0.4 is 20.4 Å². The van der Waals surface area contributed by atoms with E-state index in [1.165, 1.54) is 23.5 Å². The van der Waals surface area contributed by atoms with Crippen molar-refractivity contribution < 1.29 is 9.18 Å².